The third kappa shape index (κ3) is 0.664. The molecular formula is C9H14O. The summed E-state index contributed by atoms with van der Waals surface area (Å²) in [4.78, 5) is 11.3. The quantitative estimate of drug-likeness (QED) is 0.469. The highest BCUT2D eigenvalue weighted by molar-refractivity contribution is 6.07. The van der Waals surface area contributed by atoms with Crippen molar-refractivity contribution in [3.05, 3.63) is 11.6 Å². The molecule has 1 saturated carbocycles. The topological polar surface area (TPSA) is 17.1 Å². The minimum atomic E-state index is -0.0954. The fourth-order valence-electron chi connectivity index (χ4n) is 1.46. The van der Waals surface area contributed by atoms with E-state index in [0.717, 1.165) is 5.57 Å². The summed E-state index contributed by atoms with van der Waals surface area (Å²) in [5.41, 5.74) is 0.909. The molecule has 0 aromatic carbocycles. The smallest absolute Gasteiger partial charge is 0.165 e. The first-order chi connectivity index (χ1) is 4.51. The summed E-state index contributed by atoms with van der Waals surface area (Å²) in [6, 6.07) is 0. The van der Waals surface area contributed by atoms with E-state index in [1.165, 1.54) is 0 Å². The Labute approximate surface area is 62.1 Å². The Morgan fingerprint density at radius 2 is 2.00 bits per heavy atom. The number of carbonyl (C=O) groups is 1. The number of carbonyl (C=O) groups excluding carboxylic acids is 1. The van der Waals surface area contributed by atoms with E-state index >= 15 is 0 Å². The molecule has 0 saturated heterocycles. The largest absolute Gasteiger partial charge is 0.294 e. The lowest BCUT2D eigenvalue weighted by Gasteiger charge is -2.42. The summed E-state index contributed by atoms with van der Waals surface area (Å²) in [6.45, 7) is 8.05. The van der Waals surface area contributed by atoms with Gasteiger partial charge in [-0.3, -0.25) is 4.79 Å². The number of ketones is 1. The van der Waals surface area contributed by atoms with Gasteiger partial charge in [-0.05, 0) is 18.4 Å². The van der Waals surface area contributed by atoms with Crippen LogP contribution in [-0.2, 0) is 4.79 Å². The molecule has 0 amide bonds. The molecule has 0 unspecified atom stereocenters. The predicted molar refractivity (Wildman–Crippen MR) is 41.7 cm³/mol. The summed E-state index contributed by atoms with van der Waals surface area (Å²) in [6.07, 6.45) is 1.93. The van der Waals surface area contributed by atoms with E-state index in [0.29, 0.717) is 11.7 Å². The van der Waals surface area contributed by atoms with Gasteiger partial charge in [0.1, 0.15) is 0 Å². The summed E-state index contributed by atoms with van der Waals surface area (Å²) < 4.78 is 0. The fourth-order valence-corrected chi connectivity index (χ4v) is 1.46. The van der Waals surface area contributed by atoms with E-state index in [4.69, 9.17) is 0 Å². The van der Waals surface area contributed by atoms with Gasteiger partial charge >= 0.3 is 0 Å². The molecule has 56 valence electrons. The van der Waals surface area contributed by atoms with E-state index in [-0.39, 0.29) is 5.41 Å². The molecular weight excluding hydrogens is 124 g/mol. The normalized spacial score (nSPS) is 34.2. The highest BCUT2D eigenvalue weighted by Gasteiger charge is 2.48. The van der Waals surface area contributed by atoms with Crippen LogP contribution in [0.1, 0.15) is 27.7 Å². The molecule has 1 heteroatoms. The van der Waals surface area contributed by atoms with Crippen molar-refractivity contribution in [2.45, 2.75) is 27.7 Å². The summed E-state index contributed by atoms with van der Waals surface area (Å²) in [7, 11) is 0. The molecule has 1 atom stereocenters. The van der Waals surface area contributed by atoms with Crippen LogP contribution in [0, 0.1) is 11.3 Å². The molecule has 0 heterocycles. The molecule has 0 aromatic heterocycles. The number of allylic oxidation sites excluding steroid dienone is 2. The Kier molecular flexibility index (Phi) is 1.46. The van der Waals surface area contributed by atoms with E-state index < -0.39 is 0 Å². The third-order valence-electron chi connectivity index (χ3n) is 2.71. The monoisotopic (exact) mass is 138 g/mol. The molecule has 0 spiro atoms. The lowest BCUT2D eigenvalue weighted by molar-refractivity contribution is -0.132. The molecule has 0 bridgehead atoms. The fraction of sp³-hybridized carbons (Fsp3) is 0.667. The first-order valence-electron chi connectivity index (χ1n) is 3.72. The van der Waals surface area contributed by atoms with Crippen LogP contribution in [0.15, 0.2) is 11.6 Å². The van der Waals surface area contributed by atoms with Crippen LogP contribution in [0.5, 0.6) is 0 Å². The second kappa shape index (κ2) is 1.94. The standard InChI is InChI=1S/C9H14O/c1-5-7-6(2)9(3,4)8(7)10/h5-6H,1-4H3/b7-5-/t6-/m0/s1. The van der Waals surface area contributed by atoms with E-state index in [9.17, 15) is 4.79 Å². The van der Waals surface area contributed by atoms with Crippen molar-refractivity contribution in [3.63, 3.8) is 0 Å². The highest BCUT2D eigenvalue weighted by Crippen LogP contribution is 2.46. The van der Waals surface area contributed by atoms with Crippen LogP contribution in [0.4, 0.5) is 0 Å². The molecule has 1 nitrogen and oxygen atoms in total. The van der Waals surface area contributed by atoms with Crippen LogP contribution >= 0.6 is 0 Å². The lowest BCUT2D eigenvalue weighted by atomic mass is 9.59. The molecule has 0 radical (unpaired) electrons. The maximum Gasteiger partial charge on any atom is 0.165 e. The van der Waals surface area contributed by atoms with Crippen molar-refractivity contribution >= 4 is 5.78 Å². The van der Waals surface area contributed by atoms with Crippen molar-refractivity contribution < 1.29 is 4.79 Å². The zero-order chi connectivity index (χ0) is 7.94. The molecule has 1 aliphatic rings. The van der Waals surface area contributed by atoms with E-state index in [1.54, 1.807) is 0 Å². The van der Waals surface area contributed by atoms with Gasteiger partial charge in [-0.15, -0.1) is 0 Å². The first-order valence-corrected chi connectivity index (χ1v) is 3.72. The SMILES string of the molecule is C/C=C1\C(=O)C(C)(C)[C@H]1C. The van der Waals surface area contributed by atoms with Crippen LogP contribution in [-0.4, -0.2) is 5.78 Å². The maximum atomic E-state index is 11.3. The van der Waals surface area contributed by atoms with Gasteiger partial charge in [0.25, 0.3) is 0 Å². The molecule has 0 aromatic rings. The second-order valence-corrected chi connectivity index (χ2v) is 3.52. The molecule has 10 heavy (non-hydrogen) atoms. The number of rotatable bonds is 0. The van der Waals surface area contributed by atoms with Gasteiger partial charge in [-0.25, -0.2) is 0 Å². The van der Waals surface area contributed by atoms with Gasteiger partial charge in [0.05, 0.1) is 0 Å². The van der Waals surface area contributed by atoms with Crippen molar-refractivity contribution in [2.75, 3.05) is 0 Å². The highest BCUT2D eigenvalue weighted by atomic mass is 16.1. The lowest BCUT2D eigenvalue weighted by Crippen LogP contribution is -2.46. The average Bonchev–Trinajstić information content (AvgIpc) is 1.89. The van der Waals surface area contributed by atoms with Crippen LogP contribution < -0.4 is 0 Å². The molecule has 1 rings (SSSR count). The Morgan fingerprint density at radius 1 is 1.50 bits per heavy atom. The minimum absolute atomic E-state index is 0.0954. The third-order valence-corrected chi connectivity index (χ3v) is 2.71. The van der Waals surface area contributed by atoms with Crippen molar-refractivity contribution in [2.24, 2.45) is 11.3 Å². The summed E-state index contributed by atoms with van der Waals surface area (Å²) in [5.74, 6) is 0.771. The summed E-state index contributed by atoms with van der Waals surface area (Å²) >= 11 is 0. The van der Waals surface area contributed by atoms with Gasteiger partial charge in [-0.1, -0.05) is 26.8 Å². The molecule has 1 aliphatic carbocycles. The molecule has 0 aliphatic heterocycles. The Morgan fingerprint density at radius 3 is 2.20 bits per heavy atom. The zero-order valence-corrected chi connectivity index (χ0v) is 7.06. The number of Topliss-reactive ketones (excluding diaryl/α,β-unsaturated/α-hetero) is 1. The van der Waals surface area contributed by atoms with E-state index in [1.807, 2.05) is 26.8 Å². The average molecular weight is 138 g/mol. The van der Waals surface area contributed by atoms with Gasteiger partial charge in [0.15, 0.2) is 5.78 Å². The van der Waals surface area contributed by atoms with Gasteiger partial charge < -0.3 is 0 Å². The van der Waals surface area contributed by atoms with Crippen LogP contribution in [0.3, 0.4) is 0 Å². The maximum absolute atomic E-state index is 11.3. The van der Waals surface area contributed by atoms with Crippen LogP contribution in [0.2, 0.25) is 0 Å². The Hall–Kier alpha value is -0.590. The van der Waals surface area contributed by atoms with E-state index in [2.05, 4.69) is 6.92 Å². The van der Waals surface area contributed by atoms with Gasteiger partial charge in [-0.2, -0.15) is 0 Å². The van der Waals surface area contributed by atoms with Crippen LogP contribution in [0.25, 0.3) is 0 Å². The predicted octanol–water partition coefficient (Wildman–Crippen LogP) is 2.18. The minimum Gasteiger partial charge on any atom is -0.294 e. The van der Waals surface area contributed by atoms with Crippen molar-refractivity contribution in [1.29, 1.82) is 0 Å². The van der Waals surface area contributed by atoms with Crippen molar-refractivity contribution in [1.82, 2.24) is 0 Å². The summed E-state index contributed by atoms with van der Waals surface area (Å²) in [5, 5.41) is 0. The zero-order valence-electron chi connectivity index (χ0n) is 7.06. The molecule has 1 fully saturated rings. The van der Waals surface area contributed by atoms with Gasteiger partial charge in [0.2, 0.25) is 0 Å². The Bertz CT molecular complexity index is 199. The number of hydrogen-bond acceptors (Lipinski definition) is 1. The number of hydrogen-bond donors (Lipinski definition) is 0. The van der Waals surface area contributed by atoms with Gasteiger partial charge in [0, 0.05) is 5.41 Å². The molecule has 0 N–H and O–H groups in total. The Balaban J connectivity index is 2.88. The van der Waals surface area contributed by atoms with Crippen molar-refractivity contribution in [3.8, 4) is 0 Å². The second-order valence-electron chi connectivity index (χ2n) is 3.52. The first kappa shape index (κ1) is 7.52.